The van der Waals surface area contributed by atoms with E-state index in [0.717, 1.165) is 12.8 Å². The molecule has 1 N–H and O–H groups in total. The highest BCUT2D eigenvalue weighted by atomic mass is 16.6. The summed E-state index contributed by atoms with van der Waals surface area (Å²) in [7, 11) is 0. The molecular weight excluding hydrogens is 352 g/mol. The van der Waals surface area contributed by atoms with E-state index in [2.05, 4.69) is 6.58 Å². The van der Waals surface area contributed by atoms with E-state index in [1.165, 1.54) is 6.92 Å². The zero-order valence-electron chi connectivity index (χ0n) is 15.7. The van der Waals surface area contributed by atoms with Gasteiger partial charge in [0.1, 0.15) is 17.3 Å². The molecule has 0 radical (unpaired) electrons. The third-order valence-corrected chi connectivity index (χ3v) is 7.04. The Bertz CT molecular complexity index is 796. The number of carbonyl (C=O) groups is 3. The Morgan fingerprint density at radius 1 is 1.33 bits per heavy atom. The molecule has 4 rings (SSSR count). The van der Waals surface area contributed by atoms with Crippen molar-refractivity contribution in [2.45, 2.75) is 64.3 Å². The number of rotatable bonds is 1. The van der Waals surface area contributed by atoms with Gasteiger partial charge in [0.25, 0.3) is 0 Å². The van der Waals surface area contributed by atoms with Crippen LogP contribution in [0.4, 0.5) is 0 Å². The molecule has 7 heteroatoms. The number of esters is 2. The number of hydrogen-bond donors (Lipinski definition) is 1. The van der Waals surface area contributed by atoms with E-state index in [-0.39, 0.29) is 28.8 Å². The van der Waals surface area contributed by atoms with E-state index in [9.17, 15) is 19.5 Å². The molecule has 6 atom stereocenters. The van der Waals surface area contributed by atoms with Gasteiger partial charge in [0.05, 0.1) is 0 Å². The van der Waals surface area contributed by atoms with Crippen molar-refractivity contribution in [3.63, 3.8) is 0 Å². The van der Waals surface area contributed by atoms with Crippen LogP contribution in [0.3, 0.4) is 0 Å². The zero-order valence-corrected chi connectivity index (χ0v) is 15.7. The minimum absolute atomic E-state index is 0.00461. The molecule has 4 aliphatic rings. The Morgan fingerprint density at radius 2 is 2.04 bits per heavy atom. The van der Waals surface area contributed by atoms with E-state index in [4.69, 9.17) is 14.2 Å². The zero-order chi connectivity index (χ0) is 19.7. The Balaban J connectivity index is 1.94. The summed E-state index contributed by atoms with van der Waals surface area (Å²) in [5.41, 5.74) is -2.58. The van der Waals surface area contributed by atoms with Gasteiger partial charge < -0.3 is 19.3 Å². The molecule has 2 aliphatic heterocycles. The number of cyclic esters (lactones) is 1. The van der Waals surface area contributed by atoms with Gasteiger partial charge in [-0.2, -0.15) is 0 Å². The molecule has 0 amide bonds. The Kier molecular flexibility index (Phi) is 3.83. The molecule has 2 bridgehead atoms. The predicted molar refractivity (Wildman–Crippen MR) is 91.9 cm³/mol. The lowest BCUT2D eigenvalue weighted by atomic mass is 9.48. The monoisotopic (exact) mass is 376 g/mol. The van der Waals surface area contributed by atoms with Gasteiger partial charge >= 0.3 is 11.9 Å². The predicted octanol–water partition coefficient (Wildman–Crippen LogP) is 1.79. The Morgan fingerprint density at radius 3 is 2.70 bits per heavy atom. The summed E-state index contributed by atoms with van der Waals surface area (Å²) in [6.45, 7) is 8.59. The van der Waals surface area contributed by atoms with Gasteiger partial charge in [0.2, 0.25) is 0 Å². The van der Waals surface area contributed by atoms with Crippen LogP contribution in [0.5, 0.6) is 0 Å². The number of carbonyl (C=O) groups excluding carboxylic acids is 3. The van der Waals surface area contributed by atoms with Crippen LogP contribution in [0.15, 0.2) is 23.7 Å². The first-order valence-corrected chi connectivity index (χ1v) is 9.39. The molecule has 2 heterocycles. The maximum absolute atomic E-state index is 13.6. The second-order valence-electron chi connectivity index (χ2n) is 8.32. The largest absolute Gasteiger partial charge is 0.481 e. The molecule has 0 aromatic heterocycles. The van der Waals surface area contributed by atoms with Crippen molar-refractivity contribution < 1.29 is 33.7 Å². The molecule has 2 aliphatic carbocycles. The third kappa shape index (κ3) is 2.21. The van der Waals surface area contributed by atoms with E-state index in [1.54, 1.807) is 6.92 Å². The highest BCUT2D eigenvalue weighted by molar-refractivity contribution is 6.22. The normalized spacial score (nSPS) is 43.3. The number of fused-ring (bicyclic) bond motifs is 4. The van der Waals surface area contributed by atoms with E-state index in [1.807, 2.05) is 6.92 Å². The molecule has 146 valence electrons. The van der Waals surface area contributed by atoms with E-state index < -0.39 is 41.1 Å². The van der Waals surface area contributed by atoms with Crippen molar-refractivity contribution in [3.05, 3.63) is 23.7 Å². The summed E-state index contributed by atoms with van der Waals surface area (Å²) >= 11 is 0. The van der Waals surface area contributed by atoms with Gasteiger partial charge in [0.15, 0.2) is 23.4 Å². The highest BCUT2D eigenvalue weighted by Gasteiger charge is 2.70. The topological polar surface area (TPSA) is 99.1 Å². The number of ketones is 1. The van der Waals surface area contributed by atoms with Crippen LogP contribution >= 0.6 is 0 Å². The van der Waals surface area contributed by atoms with Crippen molar-refractivity contribution in [1.82, 2.24) is 0 Å². The fraction of sp³-hybridized carbons (Fsp3) is 0.650. The van der Waals surface area contributed by atoms with Crippen LogP contribution in [0.1, 0.15) is 46.5 Å². The molecule has 27 heavy (non-hydrogen) atoms. The van der Waals surface area contributed by atoms with Gasteiger partial charge in [-0.05, 0) is 12.8 Å². The summed E-state index contributed by atoms with van der Waals surface area (Å²) < 4.78 is 16.6. The van der Waals surface area contributed by atoms with E-state index in [0.29, 0.717) is 12.8 Å². The van der Waals surface area contributed by atoms with Gasteiger partial charge in [-0.15, -0.1) is 0 Å². The Labute approximate surface area is 157 Å². The summed E-state index contributed by atoms with van der Waals surface area (Å²) in [5, 5.41) is 11.7. The van der Waals surface area contributed by atoms with Crippen molar-refractivity contribution in [2.75, 3.05) is 0 Å². The summed E-state index contributed by atoms with van der Waals surface area (Å²) in [4.78, 5) is 37.7. The van der Waals surface area contributed by atoms with Crippen molar-refractivity contribution in [1.29, 1.82) is 0 Å². The van der Waals surface area contributed by atoms with E-state index >= 15 is 0 Å². The summed E-state index contributed by atoms with van der Waals surface area (Å²) in [5.74, 6) is -2.55. The van der Waals surface area contributed by atoms with Gasteiger partial charge in [-0.3, -0.25) is 9.59 Å². The summed E-state index contributed by atoms with van der Waals surface area (Å²) in [6, 6.07) is 0. The van der Waals surface area contributed by atoms with Crippen LogP contribution in [0.25, 0.3) is 0 Å². The first kappa shape index (κ1) is 18.2. The molecule has 0 aromatic rings. The van der Waals surface area contributed by atoms with Gasteiger partial charge in [-0.25, -0.2) is 4.79 Å². The average molecular weight is 376 g/mol. The SMILES string of the molecule is C=C1OC(=O)C2=C1O[C@@H]1[C@@H](OC(C)=O)C3(O)CCCC[C@H]3[C@](C)(C2=O)[C@@H]1C. The fourth-order valence-electron chi connectivity index (χ4n) is 5.59. The van der Waals surface area contributed by atoms with Crippen LogP contribution < -0.4 is 0 Å². The van der Waals surface area contributed by atoms with Crippen LogP contribution in [0, 0.1) is 17.3 Å². The standard InChI is InChI=1S/C20H24O7/c1-9-14-17(26-11(3)21)20(24)8-6-5-7-12(20)19(9,4)16(22)13-15(27-14)10(2)25-18(13)23/h9,12,14,17,24H,2,5-8H2,1,3-4H3/t9-,12+,14+,17-,19-,20?/m1/s1. The molecule has 1 unspecified atom stereocenters. The Hall–Kier alpha value is -2.15. The van der Waals surface area contributed by atoms with Crippen molar-refractivity contribution >= 4 is 17.7 Å². The summed E-state index contributed by atoms with van der Waals surface area (Å²) in [6.07, 6.45) is 0.891. The van der Waals surface area contributed by atoms with Crippen molar-refractivity contribution in [3.8, 4) is 0 Å². The lowest BCUT2D eigenvalue weighted by Crippen LogP contribution is -2.70. The number of Topliss-reactive ketones (excluding diaryl/α,β-unsaturated/α-hetero) is 1. The molecule has 2 fully saturated rings. The van der Waals surface area contributed by atoms with Crippen LogP contribution in [-0.4, -0.2) is 40.6 Å². The number of hydrogen-bond acceptors (Lipinski definition) is 7. The van der Waals surface area contributed by atoms with Crippen molar-refractivity contribution in [2.24, 2.45) is 17.3 Å². The number of aliphatic hydroxyl groups is 1. The molecule has 2 saturated carbocycles. The smallest absolute Gasteiger partial charge is 0.351 e. The quantitative estimate of drug-likeness (QED) is 0.550. The fourth-order valence-corrected chi connectivity index (χ4v) is 5.59. The molecule has 0 saturated heterocycles. The maximum atomic E-state index is 13.6. The van der Waals surface area contributed by atoms with Crippen LogP contribution in [-0.2, 0) is 28.6 Å². The lowest BCUT2D eigenvalue weighted by molar-refractivity contribution is -0.255. The maximum Gasteiger partial charge on any atom is 0.351 e. The minimum atomic E-state index is -1.39. The average Bonchev–Trinajstić information content (AvgIpc) is 2.84. The first-order valence-electron chi connectivity index (χ1n) is 9.39. The molecule has 0 aromatic carbocycles. The number of ether oxygens (including phenoxy) is 3. The van der Waals surface area contributed by atoms with Crippen LogP contribution in [0.2, 0.25) is 0 Å². The van der Waals surface area contributed by atoms with Gasteiger partial charge in [0, 0.05) is 24.2 Å². The second kappa shape index (κ2) is 5.67. The minimum Gasteiger partial charge on any atom is -0.481 e. The lowest BCUT2D eigenvalue weighted by Gasteiger charge is -2.59. The van der Waals surface area contributed by atoms with Gasteiger partial charge in [-0.1, -0.05) is 33.3 Å². The first-order chi connectivity index (χ1) is 12.6. The third-order valence-electron chi connectivity index (χ3n) is 7.04. The highest BCUT2D eigenvalue weighted by Crippen LogP contribution is 2.60. The molecular formula is C20H24O7. The second-order valence-corrected chi connectivity index (χ2v) is 8.32. The molecule has 7 nitrogen and oxygen atoms in total. The molecule has 0 spiro atoms.